The number of rotatable bonds is 8. The Kier molecular flexibility index (Phi) is 7.68. The number of nitrogens with one attached hydrogen (secondary N) is 1. The van der Waals surface area contributed by atoms with Crippen molar-refractivity contribution in [3.63, 3.8) is 0 Å². The number of carbonyl (C=O) groups excluding carboxylic acids is 2. The van der Waals surface area contributed by atoms with Gasteiger partial charge >= 0.3 is 0 Å². The number of likely N-dealkylation sites (N-methyl/N-ethyl adjacent to an activating group) is 1. The van der Waals surface area contributed by atoms with Crippen molar-refractivity contribution >= 4 is 27.5 Å². The van der Waals surface area contributed by atoms with E-state index in [-0.39, 0.29) is 29.0 Å². The Morgan fingerprint density at radius 1 is 1.13 bits per heavy atom. The fourth-order valence-electron chi connectivity index (χ4n) is 3.87. The lowest BCUT2D eigenvalue weighted by Gasteiger charge is -2.31. The van der Waals surface area contributed by atoms with E-state index in [4.69, 9.17) is 0 Å². The van der Waals surface area contributed by atoms with E-state index in [9.17, 15) is 18.0 Å². The van der Waals surface area contributed by atoms with Gasteiger partial charge in [0.1, 0.15) is 0 Å². The van der Waals surface area contributed by atoms with Crippen LogP contribution < -0.4 is 5.32 Å². The molecule has 3 rings (SSSR count). The highest BCUT2D eigenvalue weighted by Gasteiger charge is 2.34. The van der Waals surface area contributed by atoms with Crippen molar-refractivity contribution in [2.75, 3.05) is 72.3 Å². The van der Waals surface area contributed by atoms with Crippen molar-refractivity contribution < 1.29 is 18.0 Å². The van der Waals surface area contributed by atoms with Gasteiger partial charge in [0, 0.05) is 51.4 Å². The lowest BCUT2D eigenvalue weighted by Crippen LogP contribution is -2.46. The van der Waals surface area contributed by atoms with Crippen molar-refractivity contribution in [1.82, 2.24) is 19.0 Å². The standard InChI is InChI=1S/C21H33N5O4S/c1-23(2)9-4-10-25-16-17(15-20(25)27)21(28)22-18-5-7-19(8-6-18)31(29,30)26-13-11-24(3)12-14-26/h5-8,17H,4,9-16H2,1-3H3,(H,22,28). The Bertz CT molecular complexity index is 880. The first-order valence-corrected chi connectivity index (χ1v) is 12.1. The van der Waals surface area contributed by atoms with Gasteiger partial charge in [-0.2, -0.15) is 4.31 Å². The highest BCUT2D eigenvalue weighted by Crippen LogP contribution is 2.22. The van der Waals surface area contributed by atoms with Crippen LogP contribution in [0, 0.1) is 5.92 Å². The summed E-state index contributed by atoms with van der Waals surface area (Å²) in [6.45, 7) is 4.33. The maximum absolute atomic E-state index is 12.8. The molecule has 0 aromatic heterocycles. The number of amides is 2. The average molecular weight is 452 g/mol. The topological polar surface area (TPSA) is 93.3 Å². The van der Waals surface area contributed by atoms with Crippen LogP contribution >= 0.6 is 0 Å². The number of anilines is 1. The smallest absolute Gasteiger partial charge is 0.243 e. The highest BCUT2D eigenvalue weighted by molar-refractivity contribution is 7.89. The molecular weight excluding hydrogens is 418 g/mol. The van der Waals surface area contributed by atoms with Gasteiger partial charge in [0.05, 0.1) is 10.8 Å². The second-order valence-electron chi connectivity index (χ2n) is 8.62. The first-order chi connectivity index (χ1) is 14.7. The molecule has 1 aromatic carbocycles. The van der Waals surface area contributed by atoms with E-state index >= 15 is 0 Å². The van der Waals surface area contributed by atoms with Crippen LogP contribution in [-0.4, -0.2) is 106 Å². The number of likely N-dealkylation sites (tertiary alicyclic amines) is 1. The number of hydrogen-bond donors (Lipinski definition) is 1. The molecule has 0 spiro atoms. The summed E-state index contributed by atoms with van der Waals surface area (Å²) in [4.78, 5) is 31.0. The second-order valence-corrected chi connectivity index (χ2v) is 10.6. The predicted octanol–water partition coefficient (Wildman–Crippen LogP) is 0.361. The third-order valence-corrected chi connectivity index (χ3v) is 7.75. The third-order valence-electron chi connectivity index (χ3n) is 5.84. The second kappa shape index (κ2) is 10.1. The van der Waals surface area contributed by atoms with E-state index in [0.29, 0.717) is 45.0 Å². The molecule has 2 amide bonds. The van der Waals surface area contributed by atoms with Crippen LogP contribution in [0.4, 0.5) is 5.69 Å². The minimum Gasteiger partial charge on any atom is -0.342 e. The lowest BCUT2D eigenvalue weighted by atomic mass is 10.1. The van der Waals surface area contributed by atoms with Crippen LogP contribution in [0.25, 0.3) is 0 Å². The Morgan fingerprint density at radius 3 is 2.39 bits per heavy atom. The lowest BCUT2D eigenvalue weighted by molar-refractivity contribution is -0.128. The number of sulfonamides is 1. The fourth-order valence-corrected chi connectivity index (χ4v) is 5.30. The van der Waals surface area contributed by atoms with Crippen molar-refractivity contribution in [3.05, 3.63) is 24.3 Å². The molecule has 0 bridgehead atoms. The number of hydrogen-bond acceptors (Lipinski definition) is 6. The zero-order valence-electron chi connectivity index (χ0n) is 18.6. The number of piperazine rings is 1. The minimum absolute atomic E-state index is 0.00697. The Labute approximate surface area is 185 Å². The summed E-state index contributed by atoms with van der Waals surface area (Å²) in [7, 11) is 2.42. The number of nitrogens with zero attached hydrogens (tertiary/aromatic N) is 4. The van der Waals surface area contributed by atoms with Crippen molar-refractivity contribution in [2.24, 2.45) is 5.92 Å². The number of carbonyl (C=O) groups is 2. The third kappa shape index (κ3) is 6.03. The van der Waals surface area contributed by atoms with E-state index < -0.39 is 10.0 Å². The van der Waals surface area contributed by atoms with Gasteiger partial charge in [-0.25, -0.2) is 8.42 Å². The molecule has 2 aliphatic heterocycles. The summed E-state index contributed by atoms with van der Waals surface area (Å²) in [5, 5.41) is 2.82. The quantitative estimate of drug-likeness (QED) is 0.614. The Balaban J connectivity index is 1.55. The molecule has 2 heterocycles. The minimum atomic E-state index is -3.54. The average Bonchev–Trinajstić information content (AvgIpc) is 3.09. The van der Waals surface area contributed by atoms with E-state index in [2.05, 4.69) is 15.1 Å². The zero-order chi connectivity index (χ0) is 22.6. The van der Waals surface area contributed by atoms with E-state index in [1.54, 1.807) is 17.0 Å². The van der Waals surface area contributed by atoms with E-state index in [1.165, 1.54) is 16.4 Å². The molecule has 1 N–H and O–H groups in total. The van der Waals surface area contributed by atoms with Crippen LogP contribution in [0.2, 0.25) is 0 Å². The normalized spacial score (nSPS) is 21.1. The molecule has 2 aliphatic rings. The van der Waals surface area contributed by atoms with Crippen molar-refractivity contribution in [3.8, 4) is 0 Å². The Hall–Kier alpha value is -2.01. The molecule has 31 heavy (non-hydrogen) atoms. The summed E-state index contributed by atoms with van der Waals surface area (Å²) < 4.78 is 27.1. The SMILES string of the molecule is CN(C)CCCN1CC(C(=O)Nc2ccc(S(=O)(=O)N3CCN(C)CC3)cc2)CC1=O. The molecule has 172 valence electrons. The molecule has 9 nitrogen and oxygen atoms in total. The maximum atomic E-state index is 12.8. The first kappa shape index (κ1) is 23.6. The van der Waals surface area contributed by atoms with Crippen LogP contribution in [0.3, 0.4) is 0 Å². The van der Waals surface area contributed by atoms with Crippen LogP contribution in [0.15, 0.2) is 29.2 Å². The number of benzene rings is 1. The summed E-state index contributed by atoms with van der Waals surface area (Å²) in [6.07, 6.45) is 1.08. The van der Waals surface area contributed by atoms with Gasteiger partial charge in [-0.15, -0.1) is 0 Å². The molecule has 1 aromatic rings. The molecule has 0 aliphatic carbocycles. The molecule has 10 heteroatoms. The zero-order valence-corrected chi connectivity index (χ0v) is 19.4. The largest absolute Gasteiger partial charge is 0.342 e. The summed E-state index contributed by atoms with van der Waals surface area (Å²) in [5.74, 6) is -0.591. The van der Waals surface area contributed by atoms with E-state index in [0.717, 1.165) is 13.0 Å². The summed E-state index contributed by atoms with van der Waals surface area (Å²) in [6, 6.07) is 6.26. The summed E-state index contributed by atoms with van der Waals surface area (Å²) in [5.41, 5.74) is 0.529. The monoisotopic (exact) mass is 451 g/mol. The van der Waals surface area contributed by atoms with Gasteiger partial charge in [-0.1, -0.05) is 0 Å². The van der Waals surface area contributed by atoms with Crippen molar-refractivity contribution in [2.45, 2.75) is 17.7 Å². The van der Waals surface area contributed by atoms with E-state index in [1.807, 2.05) is 21.1 Å². The van der Waals surface area contributed by atoms with Crippen LogP contribution in [-0.2, 0) is 19.6 Å². The molecular formula is C21H33N5O4S. The van der Waals surface area contributed by atoms with Gasteiger partial charge in [0.2, 0.25) is 21.8 Å². The fraction of sp³-hybridized carbons (Fsp3) is 0.619. The maximum Gasteiger partial charge on any atom is 0.243 e. The predicted molar refractivity (Wildman–Crippen MR) is 119 cm³/mol. The van der Waals surface area contributed by atoms with Gasteiger partial charge in [0.15, 0.2) is 0 Å². The summed E-state index contributed by atoms with van der Waals surface area (Å²) >= 11 is 0. The van der Waals surface area contributed by atoms with Crippen molar-refractivity contribution in [1.29, 1.82) is 0 Å². The van der Waals surface area contributed by atoms with Gasteiger partial charge < -0.3 is 20.0 Å². The first-order valence-electron chi connectivity index (χ1n) is 10.7. The Morgan fingerprint density at radius 2 is 1.77 bits per heavy atom. The van der Waals surface area contributed by atoms with Crippen LogP contribution in [0.1, 0.15) is 12.8 Å². The van der Waals surface area contributed by atoms with Crippen LogP contribution in [0.5, 0.6) is 0 Å². The molecule has 2 fully saturated rings. The molecule has 0 saturated carbocycles. The molecule has 0 radical (unpaired) electrons. The molecule has 1 unspecified atom stereocenters. The highest BCUT2D eigenvalue weighted by atomic mass is 32.2. The molecule has 1 atom stereocenters. The van der Waals surface area contributed by atoms with Gasteiger partial charge in [-0.3, -0.25) is 9.59 Å². The van der Waals surface area contributed by atoms with Gasteiger partial charge in [0.25, 0.3) is 0 Å². The van der Waals surface area contributed by atoms with Gasteiger partial charge in [-0.05, 0) is 58.4 Å². The molecule has 2 saturated heterocycles.